The zero-order valence-electron chi connectivity index (χ0n) is 16.3. The summed E-state index contributed by atoms with van der Waals surface area (Å²) in [6.45, 7) is 4.10. The third-order valence-electron chi connectivity index (χ3n) is 4.10. The summed E-state index contributed by atoms with van der Waals surface area (Å²) in [7, 11) is 1.54. The maximum atomic E-state index is 11.8. The van der Waals surface area contributed by atoms with Crippen molar-refractivity contribution in [1.29, 1.82) is 0 Å². The van der Waals surface area contributed by atoms with Crippen LogP contribution in [0.3, 0.4) is 0 Å². The lowest BCUT2D eigenvalue weighted by atomic mass is 10.1. The fourth-order valence-corrected chi connectivity index (χ4v) is 2.61. The van der Waals surface area contributed by atoms with Crippen LogP contribution < -0.4 is 9.47 Å². The molecule has 1 rings (SSSR count). The van der Waals surface area contributed by atoms with Crippen LogP contribution in [0.2, 0.25) is 0 Å². The first kappa shape index (κ1) is 22.0. The number of methoxy groups -OCH3 is 1. The van der Waals surface area contributed by atoms with Crippen molar-refractivity contribution in [2.75, 3.05) is 7.11 Å². The molecular weight excluding hydrogens is 332 g/mol. The van der Waals surface area contributed by atoms with Crippen molar-refractivity contribution in [2.45, 2.75) is 77.7 Å². The molecule has 146 valence electrons. The van der Waals surface area contributed by atoms with E-state index in [9.17, 15) is 9.59 Å². The molecule has 0 aliphatic carbocycles. The van der Waals surface area contributed by atoms with Gasteiger partial charge in [0, 0.05) is 6.07 Å². The molecule has 0 aromatic heterocycles. The first-order valence-corrected chi connectivity index (χ1v) is 9.59. The highest BCUT2D eigenvalue weighted by atomic mass is 16.5. The Morgan fingerprint density at radius 1 is 0.962 bits per heavy atom. The summed E-state index contributed by atoms with van der Waals surface area (Å²) in [4.78, 5) is 23.7. The smallest absolute Gasteiger partial charge is 0.311 e. The Morgan fingerprint density at radius 2 is 1.62 bits per heavy atom. The lowest BCUT2D eigenvalue weighted by Crippen LogP contribution is -2.17. The Hall–Kier alpha value is -2.04. The van der Waals surface area contributed by atoms with E-state index in [0.29, 0.717) is 11.5 Å². The molecule has 26 heavy (non-hydrogen) atoms. The molecule has 0 amide bonds. The standard InChI is InChI=1S/C21H32O5/c1-4-5-6-7-8-9-11-17(2)25-20(22)14-15-21(23)26-19-13-10-12-18(16-19)24-3/h10,12-13,16-17H,4-9,11,14-15H2,1-3H3. The normalized spacial score (nSPS) is 11.7. The van der Waals surface area contributed by atoms with E-state index >= 15 is 0 Å². The molecule has 0 heterocycles. The number of carbonyl (C=O) groups is 2. The predicted octanol–water partition coefficient (Wildman–Crippen LogP) is 5.06. The van der Waals surface area contributed by atoms with Crippen molar-refractivity contribution in [2.24, 2.45) is 0 Å². The molecule has 5 nitrogen and oxygen atoms in total. The molecule has 0 aliphatic heterocycles. The fraction of sp³-hybridized carbons (Fsp3) is 0.619. The first-order chi connectivity index (χ1) is 12.5. The van der Waals surface area contributed by atoms with Crippen LogP contribution in [0.1, 0.15) is 71.6 Å². The van der Waals surface area contributed by atoms with Gasteiger partial charge in [0.1, 0.15) is 11.5 Å². The Balaban J connectivity index is 2.17. The Labute approximate surface area is 157 Å². The molecule has 5 heteroatoms. The number of hydrogen-bond acceptors (Lipinski definition) is 5. The second kappa shape index (κ2) is 13.2. The van der Waals surface area contributed by atoms with E-state index in [4.69, 9.17) is 14.2 Å². The van der Waals surface area contributed by atoms with Gasteiger partial charge in [-0.15, -0.1) is 0 Å². The second-order valence-corrected chi connectivity index (χ2v) is 6.51. The number of benzene rings is 1. The molecule has 0 aliphatic rings. The maximum Gasteiger partial charge on any atom is 0.311 e. The molecule has 1 aromatic rings. The molecule has 0 saturated heterocycles. The van der Waals surface area contributed by atoms with Gasteiger partial charge in [-0.05, 0) is 31.9 Å². The van der Waals surface area contributed by atoms with Gasteiger partial charge in [-0.3, -0.25) is 9.59 Å². The number of ether oxygens (including phenoxy) is 3. The van der Waals surface area contributed by atoms with Gasteiger partial charge in [-0.25, -0.2) is 0 Å². The van der Waals surface area contributed by atoms with E-state index in [2.05, 4.69) is 6.92 Å². The lowest BCUT2D eigenvalue weighted by Gasteiger charge is -2.13. The minimum atomic E-state index is -0.459. The summed E-state index contributed by atoms with van der Waals surface area (Å²) in [5.41, 5.74) is 0. The second-order valence-electron chi connectivity index (χ2n) is 6.51. The van der Waals surface area contributed by atoms with Crippen molar-refractivity contribution in [3.05, 3.63) is 24.3 Å². The third kappa shape index (κ3) is 10.1. The van der Waals surface area contributed by atoms with E-state index in [1.807, 2.05) is 6.92 Å². The number of rotatable bonds is 13. The summed E-state index contributed by atoms with van der Waals surface area (Å²) in [5.74, 6) is 0.197. The average Bonchev–Trinajstić information content (AvgIpc) is 2.63. The maximum absolute atomic E-state index is 11.8. The zero-order chi connectivity index (χ0) is 19.2. The highest BCUT2D eigenvalue weighted by Crippen LogP contribution is 2.19. The van der Waals surface area contributed by atoms with Gasteiger partial charge in [0.05, 0.1) is 26.1 Å². The number of esters is 2. The quantitative estimate of drug-likeness (QED) is 0.278. The summed E-state index contributed by atoms with van der Waals surface area (Å²) >= 11 is 0. The Bertz CT molecular complexity index is 541. The van der Waals surface area contributed by atoms with Crippen LogP contribution in [-0.4, -0.2) is 25.2 Å². The van der Waals surface area contributed by atoms with Crippen molar-refractivity contribution < 1.29 is 23.8 Å². The number of unbranched alkanes of at least 4 members (excludes halogenated alkanes) is 5. The summed E-state index contributed by atoms with van der Waals surface area (Å²) < 4.78 is 15.6. The molecule has 0 N–H and O–H groups in total. The van der Waals surface area contributed by atoms with Crippen LogP contribution in [0, 0.1) is 0 Å². The van der Waals surface area contributed by atoms with Crippen LogP contribution in [0.4, 0.5) is 0 Å². The van der Waals surface area contributed by atoms with Crippen molar-refractivity contribution in [3.63, 3.8) is 0 Å². The van der Waals surface area contributed by atoms with Crippen LogP contribution in [0.5, 0.6) is 11.5 Å². The molecule has 1 atom stereocenters. The summed E-state index contributed by atoms with van der Waals surface area (Å²) in [5, 5.41) is 0. The van der Waals surface area contributed by atoms with Crippen molar-refractivity contribution >= 4 is 11.9 Å². The van der Waals surface area contributed by atoms with Gasteiger partial charge in [-0.1, -0.05) is 45.1 Å². The largest absolute Gasteiger partial charge is 0.497 e. The van der Waals surface area contributed by atoms with Crippen molar-refractivity contribution in [3.8, 4) is 11.5 Å². The highest BCUT2D eigenvalue weighted by molar-refractivity contribution is 5.79. The number of hydrogen-bond donors (Lipinski definition) is 0. The molecule has 0 radical (unpaired) electrons. The summed E-state index contributed by atoms with van der Waals surface area (Å²) in [6, 6.07) is 6.79. The van der Waals surface area contributed by atoms with Gasteiger partial charge in [-0.2, -0.15) is 0 Å². The molecule has 0 saturated carbocycles. The van der Waals surface area contributed by atoms with Crippen LogP contribution in [-0.2, 0) is 14.3 Å². The predicted molar refractivity (Wildman–Crippen MR) is 101 cm³/mol. The molecule has 0 fully saturated rings. The van der Waals surface area contributed by atoms with Gasteiger partial charge < -0.3 is 14.2 Å². The Morgan fingerprint density at radius 3 is 2.35 bits per heavy atom. The van der Waals surface area contributed by atoms with Crippen molar-refractivity contribution in [1.82, 2.24) is 0 Å². The SMILES string of the molecule is CCCCCCCCC(C)OC(=O)CCC(=O)Oc1cccc(OC)c1. The van der Waals surface area contributed by atoms with E-state index in [0.717, 1.165) is 12.8 Å². The molecule has 0 bridgehead atoms. The minimum absolute atomic E-state index is 0.000217. The van der Waals surface area contributed by atoms with E-state index in [-0.39, 0.29) is 24.9 Å². The van der Waals surface area contributed by atoms with Crippen LogP contribution >= 0.6 is 0 Å². The van der Waals surface area contributed by atoms with Gasteiger partial charge in [0.25, 0.3) is 0 Å². The van der Waals surface area contributed by atoms with Gasteiger partial charge >= 0.3 is 11.9 Å². The summed E-state index contributed by atoms with van der Waals surface area (Å²) in [6.07, 6.45) is 8.08. The third-order valence-corrected chi connectivity index (χ3v) is 4.10. The van der Waals surface area contributed by atoms with E-state index < -0.39 is 5.97 Å². The topological polar surface area (TPSA) is 61.8 Å². The highest BCUT2D eigenvalue weighted by Gasteiger charge is 2.13. The van der Waals surface area contributed by atoms with Crippen LogP contribution in [0.15, 0.2) is 24.3 Å². The number of carbonyl (C=O) groups excluding carboxylic acids is 2. The fourth-order valence-electron chi connectivity index (χ4n) is 2.61. The molecular formula is C21H32O5. The van der Waals surface area contributed by atoms with Crippen LogP contribution in [0.25, 0.3) is 0 Å². The molecule has 1 unspecified atom stereocenters. The van der Waals surface area contributed by atoms with E-state index in [1.54, 1.807) is 31.4 Å². The Kier molecular flexibility index (Phi) is 11.2. The first-order valence-electron chi connectivity index (χ1n) is 9.59. The lowest BCUT2D eigenvalue weighted by molar-refractivity contribution is -0.151. The van der Waals surface area contributed by atoms with E-state index in [1.165, 1.54) is 32.1 Å². The average molecular weight is 364 g/mol. The monoisotopic (exact) mass is 364 g/mol. The van der Waals surface area contributed by atoms with Gasteiger partial charge in [0.15, 0.2) is 0 Å². The molecule has 1 aromatic carbocycles. The van der Waals surface area contributed by atoms with Gasteiger partial charge in [0.2, 0.25) is 0 Å². The molecule has 0 spiro atoms. The minimum Gasteiger partial charge on any atom is -0.497 e. The zero-order valence-corrected chi connectivity index (χ0v) is 16.3.